The van der Waals surface area contributed by atoms with Crippen molar-refractivity contribution in [2.45, 2.75) is 6.92 Å². The van der Waals surface area contributed by atoms with Gasteiger partial charge in [-0.25, -0.2) is 4.98 Å². The number of aromatic nitrogens is 1. The summed E-state index contributed by atoms with van der Waals surface area (Å²) in [5.74, 6) is 2.04. The number of nitriles is 1. The molecule has 0 bridgehead atoms. The minimum atomic E-state index is 0.480. The van der Waals surface area contributed by atoms with Crippen molar-refractivity contribution in [3.8, 4) is 40.0 Å². The zero-order valence-corrected chi connectivity index (χ0v) is 18.2. The maximum absolute atomic E-state index is 10.0. The van der Waals surface area contributed by atoms with Gasteiger partial charge < -0.3 is 14.8 Å². The average Bonchev–Trinajstić information content (AvgIpc) is 2.85. The first-order chi connectivity index (χ1) is 15.6. The number of nitrogens with zero attached hydrogens (tertiary/aromatic N) is 2. The quantitative estimate of drug-likeness (QED) is 0.392. The Morgan fingerprint density at radius 1 is 0.781 bits per heavy atom. The maximum atomic E-state index is 10.0. The molecule has 5 heteroatoms. The molecule has 5 nitrogen and oxygen atoms in total. The van der Waals surface area contributed by atoms with Crippen LogP contribution in [0.3, 0.4) is 0 Å². The van der Waals surface area contributed by atoms with Gasteiger partial charge in [-0.2, -0.15) is 5.26 Å². The number of anilines is 2. The maximum Gasteiger partial charge on any atom is 0.149 e. The number of methoxy groups -OCH3 is 2. The monoisotopic (exact) mass is 421 g/mol. The molecule has 4 rings (SSSR count). The molecule has 0 amide bonds. The van der Waals surface area contributed by atoms with E-state index in [4.69, 9.17) is 14.5 Å². The Morgan fingerprint density at radius 2 is 1.34 bits per heavy atom. The molecule has 0 saturated carbocycles. The van der Waals surface area contributed by atoms with Crippen molar-refractivity contribution in [1.82, 2.24) is 4.98 Å². The first-order valence-electron chi connectivity index (χ1n) is 10.2. The number of rotatable bonds is 6. The van der Waals surface area contributed by atoms with E-state index in [9.17, 15) is 5.26 Å². The molecule has 0 aliphatic heterocycles. The zero-order valence-electron chi connectivity index (χ0n) is 18.2. The Bertz CT molecular complexity index is 1260. The molecule has 0 atom stereocenters. The molecule has 0 aliphatic carbocycles. The predicted molar refractivity (Wildman–Crippen MR) is 127 cm³/mol. The topological polar surface area (TPSA) is 67.2 Å². The van der Waals surface area contributed by atoms with Crippen LogP contribution in [0.4, 0.5) is 11.5 Å². The van der Waals surface area contributed by atoms with Crippen molar-refractivity contribution >= 4 is 11.5 Å². The second-order valence-electron chi connectivity index (χ2n) is 7.34. The summed E-state index contributed by atoms with van der Waals surface area (Å²) < 4.78 is 10.6. The van der Waals surface area contributed by atoms with Crippen molar-refractivity contribution in [3.05, 3.63) is 90.0 Å². The third kappa shape index (κ3) is 4.40. The van der Waals surface area contributed by atoms with Crippen LogP contribution in [0, 0.1) is 18.3 Å². The summed E-state index contributed by atoms with van der Waals surface area (Å²) in [5, 5.41) is 13.4. The Hall–Kier alpha value is -4.30. The molecule has 32 heavy (non-hydrogen) atoms. The predicted octanol–water partition coefficient (Wildman–Crippen LogP) is 6.36. The lowest BCUT2D eigenvalue weighted by Gasteiger charge is -2.15. The van der Waals surface area contributed by atoms with E-state index >= 15 is 0 Å². The molecule has 3 aromatic carbocycles. The summed E-state index contributed by atoms with van der Waals surface area (Å²) in [5.41, 5.74) is 5.90. The standard InChI is InChI=1S/C27H23N3O2/c1-18-4-10-21(11-5-18)29-27-25(17-28)24(19-6-12-22(31-2)13-7-19)16-26(30-27)20-8-14-23(32-3)15-9-20/h4-16H,1-3H3,(H,29,30). The average molecular weight is 422 g/mol. The first kappa shape index (κ1) is 21.0. The van der Waals surface area contributed by atoms with Gasteiger partial charge in [-0.15, -0.1) is 0 Å². The van der Waals surface area contributed by atoms with Gasteiger partial charge in [-0.1, -0.05) is 29.8 Å². The van der Waals surface area contributed by atoms with Gasteiger partial charge in [0.15, 0.2) is 0 Å². The zero-order chi connectivity index (χ0) is 22.5. The summed E-state index contributed by atoms with van der Waals surface area (Å²) in [6, 6.07) is 27.7. The van der Waals surface area contributed by atoms with Gasteiger partial charge in [0.2, 0.25) is 0 Å². The fourth-order valence-corrected chi connectivity index (χ4v) is 3.43. The van der Waals surface area contributed by atoms with E-state index in [0.717, 1.165) is 45.1 Å². The summed E-state index contributed by atoms with van der Waals surface area (Å²) in [7, 11) is 3.27. The summed E-state index contributed by atoms with van der Waals surface area (Å²) in [6.45, 7) is 2.04. The van der Waals surface area contributed by atoms with E-state index in [1.807, 2.05) is 85.8 Å². The van der Waals surface area contributed by atoms with Gasteiger partial charge in [0.05, 0.1) is 19.9 Å². The molecule has 0 fully saturated rings. The van der Waals surface area contributed by atoms with Gasteiger partial charge in [-0.3, -0.25) is 0 Å². The smallest absolute Gasteiger partial charge is 0.149 e. The lowest BCUT2D eigenvalue weighted by molar-refractivity contribution is 0.415. The molecule has 1 N–H and O–H groups in total. The third-order valence-electron chi connectivity index (χ3n) is 5.23. The Kier molecular flexibility index (Phi) is 6.05. The number of hydrogen-bond donors (Lipinski definition) is 1. The number of benzene rings is 3. The van der Waals surface area contributed by atoms with Crippen molar-refractivity contribution in [1.29, 1.82) is 5.26 Å². The highest BCUT2D eigenvalue weighted by Crippen LogP contribution is 2.34. The molecule has 0 radical (unpaired) electrons. The fourth-order valence-electron chi connectivity index (χ4n) is 3.43. The Balaban J connectivity index is 1.87. The normalized spacial score (nSPS) is 10.3. The van der Waals surface area contributed by atoms with Crippen LogP contribution in [0.1, 0.15) is 11.1 Å². The molecule has 0 aliphatic rings. The molecular formula is C27H23N3O2. The second kappa shape index (κ2) is 9.23. The largest absolute Gasteiger partial charge is 0.497 e. The van der Waals surface area contributed by atoms with Crippen molar-refractivity contribution in [3.63, 3.8) is 0 Å². The number of hydrogen-bond acceptors (Lipinski definition) is 5. The third-order valence-corrected chi connectivity index (χ3v) is 5.23. The van der Waals surface area contributed by atoms with Crippen LogP contribution in [-0.4, -0.2) is 19.2 Å². The van der Waals surface area contributed by atoms with Crippen LogP contribution < -0.4 is 14.8 Å². The van der Waals surface area contributed by atoms with E-state index < -0.39 is 0 Å². The van der Waals surface area contributed by atoms with Gasteiger partial charge >= 0.3 is 0 Å². The van der Waals surface area contributed by atoms with Crippen molar-refractivity contribution in [2.24, 2.45) is 0 Å². The Labute approximate surface area is 187 Å². The molecule has 1 aromatic heterocycles. The van der Waals surface area contributed by atoms with Crippen LogP contribution in [0.2, 0.25) is 0 Å². The van der Waals surface area contributed by atoms with Crippen molar-refractivity contribution < 1.29 is 9.47 Å². The van der Waals surface area contributed by atoms with Crippen LogP contribution in [-0.2, 0) is 0 Å². The summed E-state index contributed by atoms with van der Waals surface area (Å²) in [6.07, 6.45) is 0. The second-order valence-corrected chi connectivity index (χ2v) is 7.34. The van der Waals surface area contributed by atoms with Crippen LogP contribution in [0.5, 0.6) is 11.5 Å². The lowest BCUT2D eigenvalue weighted by Crippen LogP contribution is -2.01. The van der Waals surface area contributed by atoms with Gasteiger partial charge in [-0.05, 0) is 67.1 Å². The van der Waals surface area contributed by atoms with E-state index in [2.05, 4.69) is 11.4 Å². The summed E-state index contributed by atoms with van der Waals surface area (Å²) >= 11 is 0. The lowest BCUT2D eigenvalue weighted by atomic mass is 9.98. The number of ether oxygens (including phenoxy) is 2. The van der Waals surface area contributed by atoms with Gasteiger partial charge in [0.1, 0.15) is 28.9 Å². The first-order valence-corrected chi connectivity index (χ1v) is 10.2. The molecule has 0 saturated heterocycles. The highest BCUT2D eigenvalue weighted by molar-refractivity contribution is 5.82. The van der Waals surface area contributed by atoms with Crippen LogP contribution >= 0.6 is 0 Å². The van der Waals surface area contributed by atoms with E-state index in [0.29, 0.717) is 11.4 Å². The van der Waals surface area contributed by atoms with Crippen molar-refractivity contribution in [2.75, 3.05) is 19.5 Å². The molecule has 0 unspecified atom stereocenters. The highest BCUT2D eigenvalue weighted by atomic mass is 16.5. The van der Waals surface area contributed by atoms with Crippen LogP contribution in [0.25, 0.3) is 22.4 Å². The number of nitrogens with one attached hydrogen (secondary N) is 1. The molecule has 0 spiro atoms. The fraction of sp³-hybridized carbons (Fsp3) is 0.111. The van der Waals surface area contributed by atoms with E-state index in [1.165, 1.54) is 0 Å². The SMILES string of the molecule is COc1ccc(-c2cc(-c3ccc(OC)cc3)c(C#N)c(Nc3ccc(C)cc3)n2)cc1. The van der Waals surface area contributed by atoms with E-state index in [-0.39, 0.29) is 0 Å². The van der Waals surface area contributed by atoms with Gasteiger partial charge in [0, 0.05) is 16.8 Å². The highest BCUT2D eigenvalue weighted by Gasteiger charge is 2.16. The minimum absolute atomic E-state index is 0.480. The summed E-state index contributed by atoms with van der Waals surface area (Å²) in [4.78, 5) is 4.81. The number of pyridine rings is 1. The molecule has 1 heterocycles. The van der Waals surface area contributed by atoms with Gasteiger partial charge in [0.25, 0.3) is 0 Å². The minimum Gasteiger partial charge on any atom is -0.497 e. The molecule has 158 valence electrons. The van der Waals surface area contributed by atoms with Crippen LogP contribution in [0.15, 0.2) is 78.9 Å². The molecule has 4 aromatic rings. The molecular weight excluding hydrogens is 398 g/mol. The Morgan fingerprint density at radius 3 is 1.88 bits per heavy atom. The van der Waals surface area contributed by atoms with E-state index in [1.54, 1.807) is 14.2 Å². The number of aryl methyl sites for hydroxylation is 1.